The van der Waals surface area contributed by atoms with E-state index < -0.39 is 9.84 Å². The van der Waals surface area contributed by atoms with Crippen molar-refractivity contribution in [3.05, 3.63) is 161 Å². The monoisotopic (exact) mass is 1390 g/mol. The molecule has 546 valence electrons. The molecule has 0 aliphatic carbocycles. The molecule has 0 fully saturated rings. The van der Waals surface area contributed by atoms with E-state index in [-0.39, 0.29) is 47.2 Å². The number of aromatic nitrogens is 8. The first-order valence-electron chi connectivity index (χ1n) is 36.0. The van der Waals surface area contributed by atoms with Crippen LogP contribution in [0.5, 0.6) is 0 Å². The summed E-state index contributed by atoms with van der Waals surface area (Å²) in [7, 11) is 9.22. The fourth-order valence-corrected chi connectivity index (χ4v) is 12.0. The van der Waals surface area contributed by atoms with E-state index in [1.165, 1.54) is 68.1 Å². The number of nitrogens with zero attached hydrogens (tertiary/aromatic N) is 10. The molecule has 100 heavy (non-hydrogen) atoms. The summed E-state index contributed by atoms with van der Waals surface area (Å²) in [5, 5.41) is 32.2. The first-order chi connectivity index (χ1) is 47.8. The maximum absolute atomic E-state index is 12.2. The van der Waals surface area contributed by atoms with Crippen LogP contribution in [0.2, 0.25) is 0 Å². The van der Waals surface area contributed by atoms with Crippen LogP contribution in [0, 0.1) is 5.92 Å². The van der Waals surface area contributed by atoms with Gasteiger partial charge in [-0.05, 0) is 153 Å². The SMILES string of the molecule is CCCCN(C)Cc1cn[nH]c1-c1ccc(CC(=O)N(C)C(C)C)cc1.CCCCN(C)Cc1cn[nH]c1-c1ccc(CC(=O)NC(C)C)cc1.CCCCN(C)Cc1cn[nH]c1-c1ccc(CS(=O)(=O)CC)cc1.CCCCN(C)Cc1cn[nH]c1-c1ccc(N(C)C(=O)C(C)C)cc1. The molecule has 21 heteroatoms. The maximum Gasteiger partial charge on any atom is 0.229 e. The Morgan fingerprint density at radius 2 is 0.750 bits per heavy atom. The van der Waals surface area contributed by atoms with Crippen LogP contribution >= 0.6 is 0 Å². The molecular weight excluding hydrogens is 1270 g/mol. The van der Waals surface area contributed by atoms with Gasteiger partial charge in [-0.25, -0.2) is 8.42 Å². The van der Waals surface area contributed by atoms with Gasteiger partial charge in [0.25, 0.3) is 0 Å². The molecule has 0 unspecified atom stereocenters. The van der Waals surface area contributed by atoms with Crippen LogP contribution in [0.3, 0.4) is 0 Å². The summed E-state index contributed by atoms with van der Waals surface area (Å²) >= 11 is 0. The van der Waals surface area contributed by atoms with Crippen molar-refractivity contribution >= 4 is 33.2 Å². The minimum absolute atomic E-state index is 0.0115. The summed E-state index contributed by atoms with van der Waals surface area (Å²) in [5.74, 6) is 0.577. The number of sulfone groups is 1. The number of unbranched alkanes of at least 4 members (excludes halogenated alkanes) is 4. The lowest BCUT2D eigenvalue weighted by atomic mass is 10.0. The minimum Gasteiger partial charge on any atom is -0.354 e. The van der Waals surface area contributed by atoms with E-state index in [1.54, 1.807) is 16.7 Å². The van der Waals surface area contributed by atoms with Gasteiger partial charge in [0.15, 0.2) is 9.84 Å². The van der Waals surface area contributed by atoms with E-state index in [1.807, 2.05) is 153 Å². The first kappa shape index (κ1) is 82.6. The van der Waals surface area contributed by atoms with Crippen LogP contribution in [-0.4, -0.2) is 178 Å². The third kappa shape index (κ3) is 27.8. The third-order valence-electron chi connectivity index (χ3n) is 17.5. The quantitative estimate of drug-likeness (QED) is 0.0249. The van der Waals surface area contributed by atoms with Crippen molar-refractivity contribution in [3.8, 4) is 45.0 Å². The Labute approximate surface area is 598 Å². The summed E-state index contributed by atoms with van der Waals surface area (Å²) in [5.41, 5.74) is 17.0. The van der Waals surface area contributed by atoms with Gasteiger partial charge in [0, 0.05) is 97.5 Å². The van der Waals surface area contributed by atoms with Gasteiger partial charge in [-0.1, -0.05) is 159 Å². The number of anilines is 1. The highest BCUT2D eigenvalue weighted by molar-refractivity contribution is 7.90. The van der Waals surface area contributed by atoms with E-state index >= 15 is 0 Å². The van der Waals surface area contributed by atoms with Crippen LogP contribution in [0.25, 0.3) is 45.0 Å². The number of hydrogen-bond donors (Lipinski definition) is 5. The molecule has 20 nitrogen and oxygen atoms in total. The maximum atomic E-state index is 12.2. The van der Waals surface area contributed by atoms with Gasteiger partial charge >= 0.3 is 0 Å². The Balaban J connectivity index is 0.000000240. The van der Waals surface area contributed by atoms with Crippen molar-refractivity contribution < 1.29 is 22.8 Å². The zero-order chi connectivity index (χ0) is 73.3. The van der Waals surface area contributed by atoms with E-state index in [9.17, 15) is 22.8 Å². The van der Waals surface area contributed by atoms with Crippen molar-refractivity contribution in [1.29, 1.82) is 0 Å². The highest BCUT2D eigenvalue weighted by Gasteiger charge is 2.19. The molecule has 4 heterocycles. The number of H-pyrrole nitrogens is 4. The Hall–Kier alpha value is -8.08. The second kappa shape index (κ2) is 42.9. The number of rotatable bonds is 35. The Bertz CT molecular complexity index is 3740. The number of carbonyl (C=O) groups excluding carboxylic acids is 3. The summed E-state index contributed by atoms with van der Waals surface area (Å²) in [6.07, 6.45) is 18.0. The van der Waals surface area contributed by atoms with Crippen LogP contribution < -0.4 is 10.2 Å². The van der Waals surface area contributed by atoms with E-state index in [0.29, 0.717) is 12.8 Å². The van der Waals surface area contributed by atoms with E-state index in [2.05, 4.69) is 146 Å². The van der Waals surface area contributed by atoms with E-state index in [0.717, 1.165) is 125 Å². The summed E-state index contributed by atoms with van der Waals surface area (Å²) in [6, 6.07) is 32.5. The molecule has 3 amide bonds. The van der Waals surface area contributed by atoms with Gasteiger partial charge in [-0.2, -0.15) is 20.4 Å². The van der Waals surface area contributed by atoms with Gasteiger partial charge in [-0.15, -0.1) is 0 Å². The molecule has 5 N–H and O–H groups in total. The van der Waals surface area contributed by atoms with Gasteiger partial charge in [0.1, 0.15) is 0 Å². The van der Waals surface area contributed by atoms with Crippen LogP contribution in [0.15, 0.2) is 122 Å². The lowest BCUT2D eigenvalue weighted by Gasteiger charge is -2.21. The fourth-order valence-electron chi connectivity index (χ4n) is 11.1. The number of hydrogen-bond acceptors (Lipinski definition) is 13. The van der Waals surface area contributed by atoms with Crippen molar-refractivity contribution in [1.82, 2.24) is 70.6 Å². The standard InChI is InChI=1S/C21H32N4O.2C20H30N4O.C18H27N3O2S/c1-6-7-12-24(4)15-19-14-22-23-21(19)18-10-8-17(9-11-18)13-20(26)25(5)16(2)3;1-6-7-12-23(4)14-17-13-21-22-19(17)16-8-10-18(11-9-16)24(5)20(25)15(2)3;1-5-6-11-24(4)14-18-13-21-23-20(18)17-9-7-16(8-10-17)12-19(25)22-15(2)3;1-4-6-11-21(3)13-17-12-19-20-18(17)16-9-7-15(8-10-16)14-24(22,23)5-2/h8-11,14,16H,6-7,12-13,15H2,1-5H3,(H,22,23);8-11,13,15H,6-7,12,14H2,1-5H3,(H,21,22);7-10,13,15H,5-6,11-12,14H2,1-4H3,(H,21,23)(H,22,25);7-10,12H,4-6,11,13-14H2,1-3H3,(H,19,20). The van der Waals surface area contributed by atoms with Gasteiger partial charge in [0.2, 0.25) is 17.7 Å². The molecule has 0 bridgehead atoms. The topological polar surface area (TPSA) is 232 Å². The average Bonchev–Trinajstić information content (AvgIpc) is 1.62. The van der Waals surface area contributed by atoms with Gasteiger partial charge < -0.3 is 34.7 Å². The number of likely N-dealkylation sites (N-methyl/N-ethyl adjacent to an activating group) is 1. The highest BCUT2D eigenvalue weighted by Crippen LogP contribution is 2.28. The molecular formula is C79H119N15O5S. The van der Waals surface area contributed by atoms with Crippen molar-refractivity contribution in [3.63, 3.8) is 0 Å². The fraction of sp³-hybridized carbons (Fsp3) is 0.506. The number of nitrogens with one attached hydrogen (secondary N) is 5. The zero-order valence-corrected chi connectivity index (χ0v) is 64.2. The highest BCUT2D eigenvalue weighted by atomic mass is 32.2. The normalized spacial score (nSPS) is 11.5. The third-order valence-corrected chi connectivity index (χ3v) is 19.1. The molecule has 0 radical (unpaired) electrons. The smallest absolute Gasteiger partial charge is 0.229 e. The van der Waals surface area contributed by atoms with Crippen LogP contribution in [-0.2, 0) is 69.0 Å². The summed E-state index contributed by atoms with van der Waals surface area (Å²) < 4.78 is 23.4. The molecule has 0 saturated heterocycles. The van der Waals surface area contributed by atoms with Gasteiger partial charge in [0.05, 0.1) is 66.2 Å². The number of aromatic amines is 4. The van der Waals surface area contributed by atoms with Crippen molar-refractivity contribution in [2.45, 2.75) is 184 Å². The molecule has 0 saturated carbocycles. The molecule has 4 aromatic heterocycles. The Morgan fingerprint density at radius 1 is 0.440 bits per heavy atom. The molecule has 0 aliphatic heterocycles. The lowest BCUT2D eigenvalue weighted by Crippen LogP contribution is -2.34. The minimum atomic E-state index is -3.00. The average molecular weight is 1390 g/mol. The number of carbonyl (C=O) groups is 3. The molecule has 0 atom stereocenters. The van der Waals surface area contributed by atoms with Crippen LogP contribution in [0.4, 0.5) is 5.69 Å². The Kier molecular flexibility index (Phi) is 35.4. The number of benzene rings is 4. The molecule has 0 spiro atoms. The second-order valence-electron chi connectivity index (χ2n) is 27.5. The summed E-state index contributed by atoms with van der Waals surface area (Å²) in [6.45, 7) is 30.1. The number of amides is 3. The molecule has 8 aromatic rings. The zero-order valence-electron chi connectivity index (χ0n) is 63.3. The van der Waals surface area contributed by atoms with Crippen molar-refractivity contribution in [2.24, 2.45) is 5.92 Å². The molecule has 8 rings (SSSR count). The van der Waals surface area contributed by atoms with E-state index in [4.69, 9.17) is 0 Å². The largest absolute Gasteiger partial charge is 0.354 e. The molecule has 4 aromatic carbocycles. The van der Waals surface area contributed by atoms with Crippen molar-refractivity contribution in [2.75, 3.05) is 79.1 Å². The van der Waals surface area contributed by atoms with Crippen LogP contribution in [0.1, 0.15) is 166 Å². The lowest BCUT2D eigenvalue weighted by molar-refractivity contribution is -0.130. The predicted octanol–water partition coefficient (Wildman–Crippen LogP) is 14.3. The summed E-state index contributed by atoms with van der Waals surface area (Å²) in [4.78, 5) is 49.0. The Morgan fingerprint density at radius 3 is 1.04 bits per heavy atom. The molecule has 0 aliphatic rings. The first-order valence-corrected chi connectivity index (χ1v) is 37.9. The predicted molar refractivity (Wildman–Crippen MR) is 411 cm³/mol. The second-order valence-corrected chi connectivity index (χ2v) is 29.8. The van der Waals surface area contributed by atoms with Gasteiger partial charge in [-0.3, -0.25) is 34.8 Å².